The second-order valence-electron chi connectivity index (χ2n) is 15.9. The summed E-state index contributed by atoms with van der Waals surface area (Å²) in [6.45, 7) is 3.29. The van der Waals surface area contributed by atoms with E-state index in [4.69, 9.17) is 18.5 Å². The van der Waals surface area contributed by atoms with Crippen molar-refractivity contribution in [3.63, 3.8) is 0 Å². The van der Waals surface area contributed by atoms with Gasteiger partial charge in [0.2, 0.25) is 0 Å². The van der Waals surface area contributed by atoms with Crippen molar-refractivity contribution in [2.24, 2.45) is 0 Å². The first-order chi connectivity index (χ1) is 26.9. The predicted octanol–water partition coefficient (Wildman–Crippen LogP) is 8.11. The molecule has 0 spiro atoms. The number of carbonyl (C=O) groups excluding carboxylic acids is 2. The monoisotopic (exact) mass is 825 g/mol. The van der Waals surface area contributed by atoms with E-state index in [2.05, 4.69) is 13.8 Å². The Kier molecular flexibility index (Phi) is 31.8. The Morgan fingerprint density at radius 3 is 1.18 bits per heavy atom. The third-order valence-corrected chi connectivity index (χ3v) is 11.7. The average molecular weight is 825 g/mol. The van der Waals surface area contributed by atoms with E-state index in [0.717, 1.165) is 44.9 Å². The van der Waals surface area contributed by atoms with Crippen LogP contribution in [0.4, 0.5) is 0 Å². The number of aliphatic hydroxyl groups is 5. The highest BCUT2D eigenvalue weighted by Gasteiger charge is 2.51. The number of hydrogen-bond donors (Lipinski definition) is 6. The summed E-state index contributed by atoms with van der Waals surface area (Å²) in [5, 5.41) is 50.0. The molecule has 1 saturated carbocycles. The lowest BCUT2D eigenvalue weighted by molar-refractivity contribution is -0.220. The van der Waals surface area contributed by atoms with Crippen molar-refractivity contribution in [3.8, 4) is 0 Å². The number of hydrogen-bond acceptors (Lipinski definition) is 12. The molecule has 0 aromatic rings. The fourth-order valence-corrected chi connectivity index (χ4v) is 8.03. The van der Waals surface area contributed by atoms with Crippen LogP contribution in [0.2, 0.25) is 0 Å². The van der Waals surface area contributed by atoms with E-state index in [0.29, 0.717) is 12.8 Å². The van der Waals surface area contributed by atoms with E-state index in [-0.39, 0.29) is 12.8 Å². The van der Waals surface area contributed by atoms with Crippen LogP contribution in [-0.4, -0.2) is 98.3 Å². The molecule has 1 rings (SSSR count). The van der Waals surface area contributed by atoms with Crippen LogP contribution >= 0.6 is 7.82 Å². The van der Waals surface area contributed by atoms with E-state index in [1.165, 1.54) is 116 Å². The predicted molar refractivity (Wildman–Crippen MR) is 217 cm³/mol. The van der Waals surface area contributed by atoms with Crippen LogP contribution in [0.3, 0.4) is 0 Å². The van der Waals surface area contributed by atoms with Gasteiger partial charge in [-0.1, -0.05) is 174 Å². The highest BCUT2D eigenvalue weighted by atomic mass is 31.2. The van der Waals surface area contributed by atoms with Gasteiger partial charge in [-0.05, 0) is 12.8 Å². The number of phosphoric acid groups is 1. The van der Waals surface area contributed by atoms with Gasteiger partial charge >= 0.3 is 19.8 Å². The molecule has 332 valence electrons. The van der Waals surface area contributed by atoms with Gasteiger partial charge in [-0.3, -0.25) is 18.6 Å². The summed E-state index contributed by atoms with van der Waals surface area (Å²) < 4.78 is 33.4. The van der Waals surface area contributed by atoms with Gasteiger partial charge in [-0.25, -0.2) is 4.57 Å². The Labute approximate surface area is 338 Å². The van der Waals surface area contributed by atoms with Crippen molar-refractivity contribution in [2.45, 2.75) is 243 Å². The van der Waals surface area contributed by atoms with Crippen LogP contribution < -0.4 is 0 Å². The van der Waals surface area contributed by atoms with Crippen LogP contribution in [0.5, 0.6) is 0 Å². The Bertz CT molecular complexity index is 1000. The van der Waals surface area contributed by atoms with Gasteiger partial charge in [-0.15, -0.1) is 0 Å². The Balaban J connectivity index is 2.42. The molecule has 14 heteroatoms. The van der Waals surface area contributed by atoms with Gasteiger partial charge in [0.25, 0.3) is 0 Å². The number of ether oxygens (including phenoxy) is 2. The molecule has 13 nitrogen and oxygen atoms in total. The first kappa shape index (κ1) is 52.9. The molecule has 1 aliphatic carbocycles. The largest absolute Gasteiger partial charge is 0.472 e. The maximum Gasteiger partial charge on any atom is 0.472 e. The molecule has 0 heterocycles. The molecule has 0 amide bonds. The number of aliphatic hydroxyl groups excluding tert-OH is 5. The second kappa shape index (κ2) is 33.7. The molecule has 8 atom stereocenters. The van der Waals surface area contributed by atoms with E-state index in [1.54, 1.807) is 0 Å². The maximum atomic E-state index is 12.8. The number of unbranched alkanes of at least 4 members (excludes halogenated alkanes) is 25. The summed E-state index contributed by atoms with van der Waals surface area (Å²) in [5.41, 5.74) is 0. The number of phosphoric ester groups is 1. The third-order valence-electron chi connectivity index (χ3n) is 10.7. The quantitative estimate of drug-likeness (QED) is 0.0199. The minimum atomic E-state index is -5.10. The fourth-order valence-electron chi connectivity index (χ4n) is 7.05. The van der Waals surface area contributed by atoms with Crippen LogP contribution in [0.1, 0.15) is 200 Å². The minimum Gasteiger partial charge on any atom is -0.462 e. The Morgan fingerprint density at radius 2 is 0.804 bits per heavy atom. The van der Waals surface area contributed by atoms with Gasteiger partial charge in [0.05, 0.1) is 6.61 Å². The van der Waals surface area contributed by atoms with Crippen molar-refractivity contribution in [1.82, 2.24) is 0 Å². The number of carbonyl (C=O) groups is 2. The zero-order chi connectivity index (χ0) is 41.4. The topological polar surface area (TPSA) is 210 Å². The summed E-state index contributed by atoms with van der Waals surface area (Å²) in [6.07, 6.45) is 18.9. The van der Waals surface area contributed by atoms with Crippen LogP contribution in [0.25, 0.3) is 0 Å². The Morgan fingerprint density at radius 1 is 0.482 bits per heavy atom. The normalized spacial score (nSPS) is 22.8. The zero-order valence-electron chi connectivity index (χ0n) is 34.9. The smallest absolute Gasteiger partial charge is 0.462 e. The summed E-state index contributed by atoms with van der Waals surface area (Å²) in [5.74, 6) is -1.09. The van der Waals surface area contributed by atoms with Gasteiger partial charge in [-0.2, -0.15) is 0 Å². The minimum absolute atomic E-state index is 0.103. The molecule has 6 unspecified atom stereocenters. The van der Waals surface area contributed by atoms with Crippen molar-refractivity contribution in [3.05, 3.63) is 0 Å². The number of esters is 2. The fraction of sp³-hybridized carbons (Fsp3) is 0.952. The molecular weight excluding hydrogens is 743 g/mol. The molecule has 1 aliphatic rings. The van der Waals surface area contributed by atoms with E-state index in [1.807, 2.05) is 0 Å². The zero-order valence-corrected chi connectivity index (χ0v) is 35.8. The molecule has 0 radical (unpaired) electrons. The number of rotatable bonds is 37. The van der Waals surface area contributed by atoms with Crippen LogP contribution in [0, 0.1) is 0 Å². The first-order valence-corrected chi connectivity index (χ1v) is 23.8. The Hall–Kier alpha value is -1.15. The van der Waals surface area contributed by atoms with E-state index < -0.39 is 75.7 Å². The summed E-state index contributed by atoms with van der Waals surface area (Å²) in [4.78, 5) is 35.6. The SMILES string of the molecule is CCCCCCCCCCCCCCCCCCCC(=O)OC[C@H](COP(=O)(O)OC1C(O)C(O)C(O)[C@@H](O)C1O)OC(=O)CCCCCCCCCCCC. The third kappa shape index (κ3) is 26.1. The average Bonchev–Trinajstić information content (AvgIpc) is 3.18. The van der Waals surface area contributed by atoms with Gasteiger partial charge in [0, 0.05) is 12.8 Å². The molecule has 56 heavy (non-hydrogen) atoms. The van der Waals surface area contributed by atoms with Crippen molar-refractivity contribution < 1.29 is 63.1 Å². The molecule has 0 aliphatic heterocycles. The van der Waals surface area contributed by atoms with Crippen molar-refractivity contribution in [1.29, 1.82) is 0 Å². The first-order valence-electron chi connectivity index (χ1n) is 22.3. The van der Waals surface area contributed by atoms with Crippen molar-refractivity contribution >= 4 is 19.8 Å². The van der Waals surface area contributed by atoms with Crippen LogP contribution in [-0.2, 0) is 32.7 Å². The molecule has 6 N–H and O–H groups in total. The maximum absolute atomic E-state index is 12.8. The standard InChI is InChI=1S/C42H81O13P/c1-3-5-7-9-11-13-15-16-17-18-19-20-21-23-24-26-28-30-35(43)52-32-34(54-36(44)31-29-27-25-22-14-12-10-8-6-4-2)33-53-56(50,51)55-42-40(48)38(46)37(45)39(47)41(42)49/h34,37-42,45-49H,3-33H2,1-2H3,(H,50,51)/t34-,37?,38-,39?,40?,41?,42?/m1/s1. The highest BCUT2D eigenvalue weighted by Crippen LogP contribution is 2.47. The molecule has 1 fully saturated rings. The second-order valence-corrected chi connectivity index (χ2v) is 17.3. The molecular formula is C42H81O13P. The molecule has 0 aromatic carbocycles. The van der Waals surface area contributed by atoms with E-state index in [9.17, 15) is 44.6 Å². The van der Waals surface area contributed by atoms with E-state index >= 15 is 0 Å². The van der Waals surface area contributed by atoms with Gasteiger partial charge in [0.15, 0.2) is 6.10 Å². The highest BCUT2D eigenvalue weighted by molar-refractivity contribution is 7.47. The van der Waals surface area contributed by atoms with Gasteiger partial charge in [0.1, 0.15) is 43.2 Å². The molecule has 0 saturated heterocycles. The summed E-state index contributed by atoms with van der Waals surface area (Å²) in [7, 11) is -5.10. The molecule has 0 aromatic heterocycles. The van der Waals surface area contributed by atoms with Crippen molar-refractivity contribution in [2.75, 3.05) is 13.2 Å². The summed E-state index contributed by atoms with van der Waals surface area (Å²) >= 11 is 0. The van der Waals surface area contributed by atoms with Crippen LogP contribution in [0.15, 0.2) is 0 Å². The lowest BCUT2D eigenvalue weighted by Gasteiger charge is -2.41. The molecule has 0 bridgehead atoms. The van der Waals surface area contributed by atoms with Gasteiger partial charge < -0.3 is 39.9 Å². The lowest BCUT2D eigenvalue weighted by atomic mass is 9.85. The summed E-state index contributed by atoms with van der Waals surface area (Å²) in [6, 6.07) is 0. The lowest BCUT2D eigenvalue weighted by Crippen LogP contribution is -2.64.